The largest absolute Gasteiger partial charge is 0.497 e. The molecule has 2 saturated heterocycles. The van der Waals surface area contributed by atoms with Crippen LogP contribution in [0.25, 0.3) is 11.3 Å². The Morgan fingerprint density at radius 2 is 2.17 bits per heavy atom. The molecule has 2 aromatic rings. The van der Waals surface area contributed by atoms with Crippen molar-refractivity contribution in [2.75, 3.05) is 13.7 Å². The molecule has 120 valence electrons. The van der Waals surface area contributed by atoms with Crippen LogP contribution in [0.3, 0.4) is 0 Å². The molecule has 6 nitrogen and oxygen atoms in total. The van der Waals surface area contributed by atoms with E-state index in [-0.39, 0.29) is 5.91 Å². The molecule has 1 aromatic carbocycles. The fourth-order valence-electron chi connectivity index (χ4n) is 3.65. The Bertz CT molecular complexity index is 710. The van der Waals surface area contributed by atoms with Gasteiger partial charge in [0.1, 0.15) is 5.75 Å². The summed E-state index contributed by atoms with van der Waals surface area (Å²) >= 11 is 0. The third-order valence-corrected chi connectivity index (χ3v) is 4.86. The molecule has 4 rings (SSSR count). The molecule has 23 heavy (non-hydrogen) atoms. The van der Waals surface area contributed by atoms with Gasteiger partial charge in [-0.15, -0.1) is 0 Å². The van der Waals surface area contributed by atoms with Crippen LogP contribution in [0.2, 0.25) is 0 Å². The van der Waals surface area contributed by atoms with E-state index in [4.69, 9.17) is 4.74 Å². The Labute approximate surface area is 134 Å². The number of likely N-dealkylation sites (tertiary alicyclic amines) is 1. The first-order chi connectivity index (χ1) is 11.3. The van der Waals surface area contributed by atoms with E-state index in [1.807, 2.05) is 35.4 Å². The normalized spacial score (nSPS) is 23.3. The summed E-state index contributed by atoms with van der Waals surface area (Å²) in [6.07, 6.45) is 3.47. The summed E-state index contributed by atoms with van der Waals surface area (Å²) in [5, 5.41) is 10.7. The maximum Gasteiger partial charge on any atom is 0.224 e. The van der Waals surface area contributed by atoms with Gasteiger partial charge in [0.25, 0.3) is 0 Å². The number of carbonyl (C=O) groups is 1. The van der Waals surface area contributed by atoms with Crippen LogP contribution in [0.4, 0.5) is 0 Å². The lowest BCUT2D eigenvalue weighted by Crippen LogP contribution is -2.35. The van der Waals surface area contributed by atoms with E-state index in [9.17, 15) is 4.79 Å². The minimum Gasteiger partial charge on any atom is -0.497 e. The standard InChI is InChI=1S/C17H20N4O2/c1-23-13-4-2-11(3-5-13)17-12(9-19-20-17)10-21-15-6-7-18-14(15)8-16(21)22/h2-5,9,14-15,18H,6-8,10H2,1H3,(H,19,20)/t14-,15-/m1/s1. The van der Waals surface area contributed by atoms with Gasteiger partial charge in [-0.3, -0.25) is 9.89 Å². The van der Waals surface area contributed by atoms with Crippen LogP contribution < -0.4 is 10.1 Å². The Morgan fingerprint density at radius 1 is 1.35 bits per heavy atom. The zero-order valence-electron chi connectivity index (χ0n) is 13.1. The molecule has 2 fully saturated rings. The number of aromatic nitrogens is 2. The quantitative estimate of drug-likeness (QED) is 0.898. The van der Waals surface area contributed by atoms with E-state index in [0.717, 1.165) is 35.5 Å². The monoisotopic (exact) mass is 312 g/mol. The van der Waals surface area contributed by atoms with Crippen molar-refractivity contribution in [3.05, 3.63) is 36.0 Å². The predicted octanol–water partition coefficient (Wildman–Crippen LogP) is 1.55. The summed E-state index contributed by atoms with van der Waals surface area (Å²) in [6.45, 7) is 1.61. The van der Waals surface area contributed by atoms with Gasteiger partial charge in [0.2, 0.25) is 5.91 Å². The van der Waals surface area contributed by atoms with E-state index in [0.29, 0.717) is 25.0 Å². The summed E-state index contributed by atoms with van der Waals surface area (Å²) in [5.41, 5.74) is 3.07. The topological polar surface area (TPSA) is 70.2 Å². The van der Waals surface area contributed by atoms with Gasteiger partial charge in [-0.2, -0.15) is 5.10 Å². The number of benzene rings is 1. The number of H-pyrrole nitrogens is 1. The van der Waals surface area contributed by atoms with E-state index < -0.39 is 0 Å². The Morgan fingerprint density at radius 3 is 2.96 bits per heavy atom. The molecule has 0 aliphatic carbocycles. The van der Waals surface area contributed by atoms with Gasteiger partial charge >= 0.3 is 0 Å². The van der Waals surface area contributed by atoms with Crippen LogP contribution >= 0.6 is 0 Å². The fourth-order valence-corrected chi connectivity index (χ4v) is 3.65. The van der Waals surface area contributed by atoms with Crippen molar-refractivity contribution in [3.63, 3.8) is 0 Å². The van der Waals surface area contributed by atoms with Crippen molar-refractivity contribution in [3.8, 4) is 17.0 Å². The lowest BCUT2D eigenvalue weighted by Gasteiger charge is -2.23. The molecule has 2 aliphatic rings. The van der Waals surface area contributed by atoms with Crippen molar-refractivity contribution in [2.24, 2.45) is 0 Å². The second-order valence-corrected chi connectivity index (χ2v) is 6.14. The van der Waals surface area contributed by atoms with Gasteiger partial charge < -0.3 is 15.0 Å². The van der Waals surface area contributed by atoms with Gasteiger partial charge in [-0.05, 0) is 37.2 Å². The van der Waals surface area contributed by atoms with Crippen molar-refractivity contribution in [2.45, 2.75) is 31.5 Å². The van der Waals surface area contributed by atoms with Crippen LogP contribution in [0.15, 0.2) is 30.5 Å². The summed E-state index contributed by atoms with van der Waals surface area (Å²) in [7, 11) is 1.65. The Hall–Kier alpha value is -2.34. The smallest absolute Gasteiger partial charge is 0.224 e. The molecule has 0 spiro atoms. The van der Waals surface area contributed by atoms with Crippen LogP contribution in [0.5, 0.6) is 5.75 Å². The van der Waals surface area contributed by atoms with Gasteiger partial charge in [0, 0.05) is 36.2 Å². The van der Waals surface area contributed by atoms with Crippen molar-refractivity contribution in [1.29, 1.82) is 0 Å². The van der Waals surface area contributed by atoms with Crippen LogP contribution in [0, 0.1) is 0 Å². The predicted molar refractivity (Wildman–Crippen MR) is 85.9 cm³/mol. The van der Waals surface area contributed by atoms with E-state index in [1.165, 1.54) is 0 Å². The van der Waals surface area contributed by atoms with Crippen LogP contribution in [-0.4, -0.2) is 46.7 Å². The number of ether oxygens (including phenoxy) is 1. The first-order valence-corrected chi connectivity index (χ1v) is 7.96. The summed E-state index contributed by atoms with van der Waals surface area (Å²) in [6, 6.07) is 8.50. The maximum absolute atomic E-state index is 12.3. The first kappa shape index (κ1) is 14.3. The number of hydrogen-bond donors (Lipinski definition) is 2. The number of nitrogens with zero attached hydrogens (tertiary/aromatic N) is 2. The number of amides is 1. The molecular formula is C17H20N4O2. The fraction of sp³-hybridized carbons (Fsp3) is 0.412. The van der Waals surface area contributed by atoms with Gasteiger partial charge in [0.05, 0.1) is 19.0 Å². The lowest BCUT2D eigenvalue weighted by molar-refractivity contribution is -0.129. The molecule has 1 aromatic heterocycles. The number of hydrogen-bond acceptors (Lipinski definition) is 4. The molecule has 2 aliphatic heterocycles. The first-order valence-electron chi connectivity index (χ1n) is 7.96. The number of fused-ring (bicyclic) bond motifs is 1. The van der Waals surface area contributed by atoms with Crippen LogP contribution in [-0.2, 0) is 11.3 Å². The summed E-state index contributed by atoms with van der Waals surface area (Å²) in [5.74, 6) is 1.05. The molecule has 3 heterocycles. The lowest BCUT2D eigenvalue weighted by atomic mass is 10.1. The molecular weight excluding hydrogens is 292 g/mol. The zero-order valence-corrected chi connectivity index (χ0v) is 13.1. The molecule has 0 saturated carbocycles. The number of rotatable bonds is 4. The number of nitrogens with one attached hydrogen (secondary N) is 2. The Balaban J connectivity index is 1.58. The minimum absolute atomic E-state index is 0.231. The summed E-state index contributed by atoms with van der Waals surface area (Å²) in [4.78, 5) is 14.3. The molecule has 0 radical (unpaired) electrons. The average molecular weight is 312 g/mol. The molecule has 0 bridgehead atoms. The molecule has 6 heteroatoms. The third-order valence-electron chi connectivity index (χ3n) is 4.86. The molecule has 2 N–H and O–H groups in total. The van der Waals surface area contributed by atoms with Crippen molar-refractivity contribution in [1.82, 2.24) is 20.4 Å². The molecule has 0 unspecified atom stereocenters. The highest BCUT2D eigenvalue weighted by molar-refractivity contribution is 5.80. The second kappa shape index (κ2) is 5.70. The van der Waals surface area contributed by atoms with Crippen LogP contribution in [0.1, 0.15) is 18.4 Å². The van der Waals surface area contributed by atoms with E-state index in [2.05, 4.69) is 15.5 Å². The van der Waals surface area contributed by atoms with Gasteiger partial charge in [0.15, 0.2) is 0 Å². The Kier molecular flexibility index (Phi) is 3.53. The highest BCUT2D eigenvalue weighted by atomic mass is 16.5. The summed E-state index contributed by atoms with van der Waals surface area (Å²) < 4.78 is 5.20. The number of aromatic amines is 1. The number of carbonyl (C=O) groups excluding carboxylic acids is 1. The second-order valence-electron chi connectivity index (χ2n) is 6.14. The van der Waals surface area contributed by atoms with E-state index >= 15 is 0 Å². The highest BCUT2D eigenvalue weighted by Gasteiger charge is 2.42. The van der Waals surface area contributed by atoms with Gasteiger partial charge in [-0.25, -0.2) is 0 Å². The van der Waals surface area contributed by atoms with Crippen molar-refractivity contribution < 1.29 is 9.53 Å². The zero-order chi connectivity index (χ0) is 15.8. The number of methoxy groups -OCH3 is 1. The van der Waals surface area contributed by atoms with Crippen molar-refractivity contribution >= 4 is 5.91 Å². The van der Waals surface area contributed by atoms with E-state index in [1.54, 1.807) is 7.11 Å². The SMILES string of the molecule is COc1ccc(-c2[nH]ncc2CN2C(=O)C[C@H]3NCC[C@H]32)cc1. The maximum atomic E-state index is 12.3. The average Bonchev–Trinajstić information content (AvgIpc) is 3.26. The highest BCUT2D eigenvalue weighted by Crippen LogP contribution is 2.30. The molecule has 1 amide bonds. The van der Waals surface area contributed by atoms with Gasteiger partial charge in [-0.1, -0.05) is 0 Å². The third kappa shape index (κ3) is 2.49. The minimum atomic E-state index is 0.231. The molecule has 2 atom stereocenters.